The van der Waals surface area contributed by atoms with Crippen LogP contribution in [0, 0.1) is 25.6 Å². The lowest BCUT2D eigenvalue weighted by molar-refractivity contribution is -0.571. The Balaban J connectivity index is 1.15. The first-order valence-electron chi connectivity index (χ1n) is 28.8. The maximum absolute atomic E-state index is 9.34. The largest absolute Gasteiger partial charge is 0.458 e. The van der Waals surface area contributed by atoms with Gasteiger partial charge in [-0.15, -0.1) is 0 Å². The molecule has 0 spiro atoms. The highest BCUT2D eigenvalue weighted by Crippen LogP contribution is 2.41. The van der Waals surface area contributed by atoms with E-state index < -0.39 is 29.9 Å². The highest BCUT2D eigenvalue weighted by molar-refractivity contribution is 6.09. The molecule has 0 amide bonds. The predicted octanol–water partition coefficient (Wildman–Crippen LogP) is 17.2. The lowest BCUT2D eigenvalue weighted by Crippen LogP contribution is -2.31. The Kier molecular flexibility index (Phi) is 10.1. The smallest absolute Gasteiger partial charge is 0.271 e. The average Bonchev–Trinajstić information content (AvgIpc) is 4.24. The Bertz CT molecular complexity index is 4260. The molecule has 6 heteroatoms. The summed E-state index contributed by atoms with van der Waals surface area (Å²) in [4.78, 5) is 10.3. The molecule has 11 rings (SSSR count). The number of hydrogen-bond acceptors (Lipinski definition) is 3. The number of hydrogen-bond donors (Lipinski definition) is 0. The Hall–Kier alpha value is -8.09. The Morgan fingerprint density at radius 3 is 1.95 bits per heavy atom. The fraction of sp³-hybridized carbons (Fsp3) is 0.221. The summed E-state index contributed by atoms with van der Waals surface area (Å²) >= 11 is 0. The van der Waals surface area contributed by atoms with Gasteiger partial charge in [0.2, 0.25) is 0 Å². The van der Waals surface area contributed by atoms with Crippen molar-refractivity contribution in [1.82, 2.24) is 19.1 Å². The van der Waals surface area contributed by atoms with Crippen molar-refractivity contribution < 1.29 is 18.9 Å². The number of rotatable bonds is 9. The minimum atomic E-state index is -1.64. The molecule has 368 valence electrons. The van der Waals surface area contributed by atoms with Crippen molar-refractivity contribution in [3.05, 3.63) is 216 Å². The summed E-state index contributed by atoms with van der Waals surface area (Å²) in [5, 5.41) is 2.00. The van der Waals surface area contributed by atoms with Crippen LogP contribution in [0.15, 0.2) is 182 Å². The van der Waals surface area contributed by atoms with Gasteiger partial charge in [-0.05, 0) is 117 Å². The molecular weight excluding hydrogens is 903 g/mol. The number of para-hydroxylation sites is 4. The van der Waals surface area contributed by atoms with E-state index in [0.29, 0.717) is 45.6 Å². The summed E-state index contributed by atoms with van der Waals surface area (Å²) < 4.78 is 76.2. The second-order valence-electron chi connectivity index (χ2n) is 22.5. The van der Waals surface area contributed by atoms with Crippen LogP contribution < -0.4 is 9.30 Å². The summed E-state index contributed by atoms with van der Waals surface area (Å²) in [6.07, 6.45) is 3.76. The predicted molar refractivity (Wildman–Crippen MR) is 306 cm³/mol. The summed E-state index contributed by atoms with van der Waals surface area (Å²) in [5.74, 6) is 2.14. The molecule has 11 aromatic rings. The number of benzene rings is 7. The first-order valence-corrected chi connectivity index (χ1v) is 25.3. The number of pyridine rings is 2. The third-order valence-electron chi connectivity index (χ3n) is 13.7. The van der Waals surface area contributed by atoms with Gasteiger partial charge in [0.1, 0.15) is 17.3 Å². The molecule has 4 aromatic heterocycles. The van der Waals surface area contributed by atoms with Crippen LogP contribution in [0.3, 0.4) is 0 Å². The van der Waals surface area contributed by atoms with Crippen LogP contribution in [-0.4, -0.2) is 19.1 Å². The van der Waals surface area contributed by atoms with Gasteiger partial charge < -0.3 is 4.74 Å². The summed E-state index contributed by atoms with van der Waals surface area (Å²) in [5.41, 5.74) is 11.4. The first-order chi connectivity index (χ1) is 38.2. The molecule has 7 aromatic carbocycles. The van der Waals surface area contributed by atoms with Crippen LogP contribution >= 0.6 is 0 Å². The second kappa shape index (κ2) is 18.4. The summed E-state index contributed by atoms with van der Waals surface area (Å²) in [6.45, 7) is 23.0. The van der Waals surface area contributed by atoms with Crippen LogP contribution in [0.25, 0.3) is 83.7 Å². The van der Waals surface area contributed by atoms with E-state index in [-0.39, 0.29) is 28.5 Å². The fourth-order valence-electron chi connectivity index (χ4n) is 10.1. The molecule has 0 atom stereocenters. The molecule has 0 radical (unpaired) electrons. The number of ether oxygens (including phenoxy) is 1. The van der Waals surface area contributed by atoms with Crippen molar-refractivity contribution in [1.29, 1.82) is 0 Å². The molecule has 0 saturated heterocycles. The molecule has 0 aliphatic rings. The molecule has 0 aliphatic heterocycles. The standard InChI is InChI=1S/C68H65N5O/c1-44-21-19-22-45(2)64(44)57-39-52(74-51-31-32-56-55-25-15-16-28-58(55)73(61(56)40-51)62-35-46(33-34-69-62)42-66(3,4)5)41-63(70-57)71-43-72(60-30-18-17-29-59(60)71)65-53(47-23-13-12-14-24-47)26-20-27-54(65)48-36-49(67(6,7)8)38-50(37-48)68(9,10)11/h12-41H,42H2,1-11H3/i12D,13D,14D,23D,24D,42D2. The molecule has 0 aliphatic carbocycles. The number of aryl methyl sites for hydroxylation is 2. The van der Waals surface area contributed by atoms with Gasteiger partial charge in [0.15, 0.2) is 5.82 Å². The minimum Gasteiger partial charge on any atom is -0.458 e. The van der Waals surface area contributed by atoms with Crippen molar-refractivity contribution >= 4 is 32.8 Å². The molecular formula is C68H65N5O. The van der Waals surface area contributed by atoms with Gasteiger partial charge in [0.25, 0.3) is 6.33 Å². The van der Waals surface area contributed by atoms with E-state index in [1.54, 1.807) is 12.3 Å². The second-order valence-corrected chi connectivity index (χ2v) is 22.5. The van der Waals surface area contributed by atoms with Gasteiger partial charge >= 0.3 is 0 Å². The Morgan fingerprint density at radius 2 is 1.24 bits per heavy atom. The molecule has 0 fully saturated rings. The molecule has 0 saturated carbocycles. The van der Waals surface area contributed by atoms with E-state index in [0.717, 1.165) is 71.8 Å². The molecule has 74 heavy (non-hydrogen) atoms. The van der Waals surface area contributed by atoms with Gasteiger partial charge in [0, 0.05) is 43.5 Å². The molecule has 6 nitrogen and oxygen atoms in total. The van der Waals surface area contributed by atoms with Gasteiger partial charge in [-0.25, -0.2) is 9.97 Å². The van der Waals surface area contributed by atoms with Gasteiger partial charge in [-0.3, -0.25) is 13.7 Å². The molecule has 0 bridgehead atoms. The highest BCUT2D eigenvalue weighted by atomic mass is 16.5. The third kappa shape index (κ3) is 9.19. The van der Waals surface area contributed by atoms with Gasteiger partial charge in [0.05, 0.1) is 40.3 Å². The van der Waals surface area contributed by atoms with Crippen LogP contribution in [0.5, 0.6) is 11.5 Å². The van der Waals surface area contributed by atoms with Crippen molar-refractivity contribution in [3.63, 3.8) is 0 Å². The van der Waals surface area contributed by atoms with E-state index in [1.807, 2.05) is 121 Å². The van der Waals surface area contributed by atoms with Crippen LogP contribution in [0.2, 0.25) is 0 Å². The molecule has 0 unspecified atom stereocenters. The van der Waals surface area contributed by atoms with E-state index in [4.69, 9.17) is 21.6 Å². The lowest BCUT2D eigenvalue weighted by Gasteiger charge is -2.27. The SMILES string of the molecule is [2H]c1c([2H])c([2H])c(-c2cccc(-c3cc(C(C)(C)C)cc(C(C)(C)C)c3)c2-[n+]2[c-]n(-c3cc(Oc4ccc5c6ccccc6n(-c6cc(C([2H])([2H])C(C)(C)C)ccn6)c5c4)cc(-c4c(C)cccc4C)n3)c3ccccc32)c([2H])c1[2H]. The third-order valence-corrected chi connectivity index (χ3v) is 13.7. The summed E-state index contributed by atoms with van der Waals surface area (Å²) in [7, 11) is 0. The van der Waals surface area contributed by atoms with Crippen LogP contribution in [-0.2, 0) is 17.2 Å². The number of fused-ring (bicyclic) bond motifs is 4. The van der Waals surface area contributed by atoms with E-state index in [9.17, 15) is 2.74 Å². The van der Waals surface area contributed by atoms with Crippen LogP contribution in [0.1, 0.15) is 99.7 Å². The quantitative estimate of drug-likeness (QED) is 0.107. The fourth-order valence-corrected chi connectivity index (χ4v) is 10.1. The molecule has 0 N–H and O–H groups in total. The van der Waals surface area contributed by atoms with Gasteiger partial charge in [-0.1, -0.05) is 190 Å². The van der Waals surface area contributed by atoms with Gasteiger partial charge in [-0.2, -0.15) is 0 Å². The van der Waals surface area contributed by atoms with E-state index >= 15 is 0 Å². The van der Waals surface area contributed by atoms with E-state index in [2.05, 4.69) is 115 Å². The van der Waals surface area contributed by atoms with E-state index in [1.165, 1.54) is 0 Å². The zero-order valence-electron chi connectivity index (χ0n) is 51.1. The van der Waals surface area contributed by atoms with Crippen molar-refractivity contribution in [2.45, 2.75) is 93.4 Å². The summed E-state index contributed by atoms with van der Waals surface area (Å²) in [6, 6.07) is 46.2. The lowest BCUT2D eigenvalue weighted by atomic mass is 9.78. The van der Waals surface area contributed by atoms with Crippen molar-refractivity contribution in [2.24, 2.45) is 5.41 Å². The Labute approximate surface area is 446 Å². The van der Waals surface area contributed by atoms with Crippen molar-refractivity contribution in [3.8, 4) is 62.3 Å². The number of imidazole rings is 1. The maximum Gasteiger partial charge on any atom is 0.271 e. The monoisotopic (exact) mass is 975 g/mol. The topological polar surface area (TPSA) is 48.8 Å². The Morgan fingerprint density at radius 1 is 0.595 bits per heavy atom. The maximum atomic E-state index is 9.34. The average molecular weight is 975 g/mol. The number of aromatic nitrogens is 5. The number of nitrogens with zero attached hydrogens (tertiary/aromatic N) is 5. The van der Waals surface area contributed by atoms with Crippen molar-refractivity contribution in [2.75, 3.05) is 0 Å². The van der Waals surface area contributed by atoms with Crippen LogP contribution in [0.4, 0.5) is 0 Å². The zero-order valence-corrected chi connectivity index (χ0v) is 44.1. The minimum absolute atomic E-state index is 0.0785. The molecule has 4 heterocycles. The highest BCUT2D eigenvalue weighted by Gasteiger charge is 2.26. The zero-order chi connectivity index (χ0) is 57.8. The normalized spacial score (nSPS) is 13.9. The first kappa shape index (κ1) is 40.4.